The Hall–Kier alpha value is -4.55. The van der Waals surface area contributed by atoms with Crippen LogP contribution in [0, 0.1) is 13.8 Å². The maximum atomic E-state index is 10.3. The van der Waals surface area contributed by atoms with E-state index >= 15 is 0 Å². The largest absolute Gasteiger partial charge is 1.00 e. The van der Waals surface area contributed by atoms with Crippen molar-refractivity contribution in [3.63, 3.8) is 0 Å². The van der Waals surface area contributed by atoms with Gasteiger partial charge in [0.25, 0.3) is 0 Å². The molecule has 0 saturated heterocycles. The van der Waals surface area contributed by atoms with Gasteiger partial charge in [-0.05, 0) is 73.0 Å². The highest BCUT2D eigenvalue weighted by Crippen LogP contribution is 2.55. The molecule has 0 aliphatic carbocycles. The Morgan fingerprint density at radius 1 is 0.638 bits per heavy atom. The maximum Gasteiger partial charge on any atom is 0.213 e. The summed E-state index contributed by atoms with van der Waals surface area (Å²) >= 11 is 0. The van der Waals surface area contributed by atoms with Gasteiger partial charge in [-0.3, -0.25) is 4.79 Å². The maximum absolute atomic E-state index is 10.3. The van der Waals surface area contributed by atoms with Crippen LogP contribution in [-0.2, 0) is 9.47 Å². The molecule has 2 heterocycles. The molecule has 5 rings (SSSR count). The van der Waals surface area contributed by atoms with Crippen molar-refractivity contribution in [2.75, 3.05) is 34.8 Å². The van der Waals surface area contributed by atoms with Gasteiger partial charge < -0.3 is 31.4 Å². The topological polar surface area (TPSA) is 79.8 Å². The standard InChI is InChI=1S/C20H20OP.C10H13NO2.C8H9NO2.ClH/c1-21-17-22(18-11-5-2-6-12-18,19-13-7-3-8-14-19)20-15-9-4-10-16-20;1-8-6-10(13-3)11-7-9(8)4-5-12-2;1-6-3-8(11-2)9-4-7(6)5-10;/h2-16H,17H2,1H3;4-7H,1-3H3;3-5H,1-2H3;1H/q+1;;;/p-1/b;5-4+;;. The number of carbonyl (C=O) groups excluding carboxylic acids is 1. The number of aromatic nitrogens is 2. The number of aldehydes is 1. The van der Waals surface area contributed by atoms with Gasteiger partial charge >= 0.3 is 0 Å². The lowest BCUT2D eigenvalue weighted by Gasteiger charge is -2.26. The van der Waals surface area contributed by atoms with E-state index in [9.17, 15) is 4.79 Å². The molecule has 0 atom stereocenters. The second-order valence-electron chi connectivity index (χ2n) is 10.1. The number of hydrogen-bond acceptors (Lipinski definition) is 7. The monoisotopic (exact) mass is 672 g/mol. The van der Waals surface area contributed by atoms with Crippen molar-refractivity contribution < 1.29 is 36.1 Å². The summed E-state index contributed by atoms with van der Waals surface area (Å²) in [5.41, 5.74) is 3.63. The first-order chi connectivity index (χ1) is 22.4. The predicted octanol–water partition coefficient (Wildman–Crippen LogP) is 3.82. The number of hydrogen-bond donors (Lipinski definition) is 0. The van der Waals surface area contributed by atoms with E-state index in [0.29, 0.717) is 23.7 Å². The van der Waals surface area contributed by atoms with E-state index in [1.54, 1.807) is 47.0 Å². The van der Waals surface area contributed by atoms with E-state index < -0.39 is 7.26 Å². The highest BCUT2D eigenvalue weighted by atomic mass is 35.5. The van der Waals surface area contributed by atoms with Crippen LogP contribution >= 0.6 is 7.26 Å². The molecule has 5 aromatic rings. The Morgan fingerprint density at radius 3 is 1.36 bits per heavy atom. The molecule has 0 unspecified atom stereocenters. The number of pyridine rings is 2. The minimum absolute atomic E-state index is 0. The van der Waals surface area contributed by atoms with E-state index in [4.69, 9.17) is 18.9 Å². The third-order valence-corrected chi connectivity index (χ3v) is 11.3. The Morgan fingerprint density at radius 2 is 1.04 bits per heavy atom. The first-order valence-electron chi connectivity index (χ1n) is 14.6. The van der Waals surface area contributed by atoms with E-state index in [2.05, 4.69) is 101 Å². The van der Waals surface area contributed by atoms with E-state index in [-0.39, 0.29) is 12.4 Å². The highest BCUT2D eigenvalue weighted by molar-refractivity contribution is 7.95. The summed E-state index contributed by atoms with van der Waals surface area (Å²) < 4.78 is 20.4. The van der Waals surface area contributed by atoms with Gasteiger partial charge in [0.2, 0.25) is 11.8 Å². The van der Waals surface area contributed by atoms with Gasteiger partial charge in [-0.1, -0.05) is 54.6 Å². The van der Waals surface area contributed by atoms with E-state index in [1.165, 1.54) is 22.1 Å². The fourth-order valence-electron chi connectivity index (χ4n) is 4.66. The molecule has 0 aliphatic heterocycles. The lowest BCUT2D eigenvalue weighted by atomic mass is 10.1. The number of halogens is 1. The summed E-state index contributed by atoms with van der Waals surface area (Å²) in [5, 5.41) is 4.07. The molecule has 47 heavy (non-hydrogen) atoms. The molecule has 0 N–H and O–H groups in total. The molecule has 0 aliphatic rings. The zero-order chi connectivity index (χ0) is 33.2. The number of carbonyl (C=O) groups is 1. The fourth-order valence-corrected chi connectivity index (χ4v) is 8.43. The summed E-state index contributed by atoms with van der Waals surface area (Å²) in [6.45, 7) is 3.84. The number of benzene rings is 3. The van der Waals surface area contributed by atoms with Crippen LogP contribution in [0.25, 0.3) is 6.08 Å². The zero-order valence-electron chi connectivity index (χ0n) is 27.7. The third kappa shape index (κ3) is 10.8. The van der Waals surface area contributed by atoms with Gasteiger partial charge in [0.05, 0.1) is 27.6 Å². The average molecular weight is 673 g/mol. The van der Waals surface area contributed by atoms with Crippen LogP contribution in [-0.4, -0.2) is 51.0 Å². The minimum Gasteiger partial charge on any atom is -1.00 e. The average Bonchev–Trinajstić information content (AvgIpc) is 3.11. The minimum atomic E-state index is -1.78. The third-order valence-electron chi connectivity index (χ3n) is 7.09. The Labute approximate surface area is 285 Å². The summed E-state index contributed by atoms with van der Waals surface area (Å²) in [6.07, 6.45) is 8.23. The van der Waals surface area contributed by atoms with Crippen LogP contribution < -0.4 is 37.8 Å². The molecule has 0 amide bonds. The first kappa shape index (κ1) is 38.6. The molecule has 2 aromatic heterocycles. The number of nitrogens with zero attached hydrogens (tertiary/aromatic N) is 2. The van der Waals surface area contributed by atoms with Crippen LogP contribution in [0.5, 0.6) is 11.8 Å². The number of aryl methyl sites for hydroxylation is 2. The number of ether oxygens (including phenoxy) is 4. The Balaban J connectivity index is 0.000000264. The molecule has 0 bridgehead atoms. The number of methoxy groups -OCH3 is 4. The van der Waals surface area contributed by atoms with E-state index in [1.807, 2.05) is 26.0 Å². The van der Waals surface area contributed by atoms with E-state index in [0.717, 1.165) is 23.0 Å². The summed E-state index contributed by atoms with van der Waals surface area (Å²) in [6, 6.07) is 35.9. The molecule has 3 aromatic carbocycles. The molecule has 0 radical (unpaired) electrons. The lowest BCUT2D eigenvalue weighted by molar-refractivity contribution is -0.0000171. The van der Waals surface area contributed by atoms with Crippen LogP contribution in [0.4, 0.5) is 0 Å². The molecule has 246 valence electrons. The lowest BCUT2D eigenvalue weighted by Crippen LogP contribution is -3.00. The molecule has 9 heteroatoms. The molecular weight excluding hydrogens is 631 g/mol. The van der Waals surface area contributed by atoms with Crippen LogP contribution in [0.1, 0.15) is 27.0 Å². The molecule has 7 nitrogen and oxygen atoms in total. The second kappa shape index (κ2) is 20.5. The Kier molecular flexibility index (Phi) is 16.9. The highest BCUT2D eigenvalue weighted by Gasteiger charge is 2.45. The molecule has 0 saturated carbocycles. The van der Waals surface area contributed by atoms with Gasteiger partial charge in [-0.2, -0.15) is 0 Å². The first-order valence-corrected chi connectivity index (χ1v) is 16.6. The Bertz CT molecular complexity index is 1560. The zero-order valence-corrected chi connectivity index (χ0v) is 29.3. The van der Waals surface area contributed by atoms with Gasteiger partial charge in [-0.15, -0.1) is 0 Å². The van der Waals surface area contributed by atoms with Crippen molar-refractivity contribution in [2.45, 2.75) is 13.8 Å². The number of rotatable bonds is 10. The quantitative estimate of drug-likeness (QED) is 0.127. The molecule has 0 fully saturated rings. The summed E-state index contributed by atoms with van der Waals surface area (Å²) in [5.74, 6) is 1.17. The van der Waals surface area contributed by atoms with Gasteiger partial charge in [0, 0.05) is 37.2 Å². The van der Waals surface area contributed by atoms with Crippen molar-refractivity contribution >= 4 is 35.5 Å². The van der Waals surface area contributed by atoms with Crippen LogP contribution in [0.2, 0.25) is 0 Å². The fraction of sp³-hybridized carbons (Fsp3) is 0.184. The van der Waals surface area contributed by atoms with Crippen LogP contribution in [0.3, 0.4) is 0 Å². The van der Waals surface area contributed by atoms with Crippen molar-refractivity contribution in [1.29, 1.82) is 0 Å². The van der Waals surface area contributed by atoms with Gasteiger partial charge in [0.15, 0.2) is 12.6 Å². The van der Waals surface area contributed by atoms with Crippen molar-refractivity contribution in [1.82, 2.24) is 9.97 Å². The van der Waals surface area contributed by atoms with Gasteiger partial charge in [-0.25, -0.2) is 9.97 Å². The molecular formula is C38H42ClN2O5P. The van der Waals surface area contributed by atoms with Crippen LogP contribution in [0.15, 0.2) is 122 Å². The molecule has 0 spiro atoms. The smallest absolute Gasteiger partial charge is 0.213 e. The summed E-state index contributed by atoms with van der Waals surface area (Å²) in [4.78, 5) is 18.3. The predicted molar refractivity (Wildman–Crippen MR) is 190 cm³/mol. The van der Waals surface area contributed by atoms with Crippen molar-refractivity contribution in [3.8, 4) is 11.8 Å². The normalized spacial score (nSPS) is 10.3. The van der Waals surface area contributed by atoms with Crippen molar-refractivity contribution in [2.24, 2.45) is 0 Å². The summed E-state index contributed by atoms with van der Waals surface area (Å²) in [7, 11) is 4.78. The van der Waals surface area contributed by atoms with Crippen molar-refractivity contribution in [3.05, 3.63) is 144 Å². The SMILES string of the molecule is CO/C=C/c1cnc(OC)cc1C.COC[P+](c1ccccc1)(c1ccccc1)c1ccccc1.COc1cc(C)c(C=O)cn1.[Cl-]. The second-order valence-corrected chi connectivity index (χ2v) is 13.5. The van der Waals surface area contributed by atoms with Gasteiger partial charge in [0.1, 0.15) is 23.2 Å².